The predicted molar refractivity (Wildman–Crippen MR) is 72.9 cm³/mol. The summed E-state index contributed by atoms with van der Waals surface area (Å²) in [4.78, 5) is 1.28. The molecule has 0 bridgehead atoms. The maximum atomic E-state index is 10.7. The van der Waals surface area contributed by atoms with E-state index in [1.165, 1.54) is 11.3 Å². The van der Waals surface area contributed by atoms with Crippen LogP contribution in [0.5, 0.6) is 0 Å². The summed E-state index contributed by atoms with van der Waals surface area (Å²) in [7, 11) is 0. The Bertz CT molecular complexity index is 372. The van der Waals surface area contributed by atoms with Gasteiger partial charge in [0.2, 0.25) is 0 Å². The van der Waals surface area contributed by atoms with Crippen molar-refractivity contribution in [2.24, 2.45) is 5.41 Å². The van der Waals surface area contributed by atoms with Gasteiger partial charge in [0, 0.05) is 21.2 Å². The predicted octanol–water partition coefficient (Wildman–Crippen LogP) is 4.38. The summed E-state index contributed by atoms with van der Waals surface area (Å²) in [6.07, 6.45) is 5.08. The van der Waals surface area contributed by atoms with Crippen LogP contribution < -0.4 is 0 Å². The topological polar surface area (TPSA) is 20.2 Å². The highest BCUT2D eigenvalue weighted by molar-refractivity contribution is 9.10. The Hall–Kier alpha value is 0.140. The van der Waals surface area contributed by atoms with Gasteiger partial charge in [0.25, 0.3) is 0 Å². The molecule has 1 fully saturated rings. The quantitative estimate of drug-likeness (QED) is 0.859. The van der Waals surface area contributed by atoms with E-state index >= 15 is 0 Å². The molecule has 0 aliphatic heterocycles. The smallest absolute Gasteiger partial charge is 0.0700 e. The van der Waals surface area contributed by atoms with Gasteiger partial charge in [0.1, 0.15) is 0 Å². The van der Waals surface area contributed by atoms with Crippen molar-refractivity contribution < 1.29 is 5.11 Å². The molecule has 1 aliphatic rings. The van der Waals surface area contributed by atoms with E-state index < -0.39 is 5.60 Å². The van der Waals surface area contributed by atoms with Gasteiger partial charge >= 0.3 is 0 Å². The van der Waals surface area contributed by atoms with Crippen LogP contribution in [0.2, 0.25) is 0 Å². The van der Waals surface area contributed by atoms with Crippen molar-refractivity contribution in [3.05, 3.63) is 20.8 Å². The van der Waals surface area contributed by atoms with Crippen LogP contribution in [0.15, 0.2) is 15.9 Å². The van der Waals surface area contributed by atoms with Crippen molar-refractivity contribution in [3.63, 3.8) is 0 Å². The van der Waals surface area contributed by atoms with Crippen molar-refractivity contribution in [3.8, 4) is 0 Å². The number of thiophene rings is 1. The molecule has 1 atom stereocenters. The van der Waals surface area contributed by atoms with E-state index in [1.54, 1.807) is 11.3 Å². The number of hydrogen-bond donors (Lipinski definition) is 1. The van der Waals surface area contributed by atoms with E-state index in [1.807, 2.05) is 0 Å². The lowest BCUT2D eigenvalue weighted by molar-refractivity contribution is -0.0376. The normalized spacial score (nSPS) is 29.2. The number of rotatable bonds is 2. The first-order chi connectivity index (χ1) is 7.39. The van der Waals surface area contributed by atoms with E-state index in [-0.39, 0.29) is 0 Å². The van der Waals surface area contributed by atoms with Gasteiger partial charge in [-0.25, -0.2) is 0 Å². The standard InChI is InChI=1S/C13H19BrOS/c1-12(2)4-3-5-13(15,9-12)7-11-6-10(14)8-16-11/h6,8,15H,3-5,7,9H2,1-2H3. The summed E-state index contributed by atoms with van der Waals surface area (Å²) in [5.74, 6) is 0. The monoisotopic (exact) mass is 302 g/mol. The lowest BCUT2D eigenvalue weighted by atomic mass is 9.68. The third-order valence-corrected chi connectivity index (χ3v) is 5.13. The summed E-state index contributed by atoms with van der Waals surface area (Å²) in [6.45, 7) is 4.53. The lowest BCUT2D eigenvalue weighted by Gasteiger charge is -2.41. The van der Waals surface area contributed by atoms with Gasteiger partial charge in [0.15, 0.2) is 0 Å². The van der Waals surface area contributed by atoms with E-state index in [2.05, 4.69) is 41.2 Å². The molecule has 1 unspecified atom stereocenters. The second kappa shape index (κ2) is 4.43. The van der Waals surface area contributed by atoms with Crippen molar-refractivity contribution >= 4 is 27.3 Å². The van der Waals surface area contributed by atoms with Crippen LogP contribution in [-0.2, 0) is 6.42 Å². The largest absolute Gasteiger partial charge is 0.389 e. The second-order valence-corrected chi connectivity index (χ2v) is 7.74. The highest BCUT2D eigenvalue weighted by atomic mass is 79.9. The van der Waals surface area contributed by atoms with E-state index in [0.717, 1.165) is 30.2 Å². The minimum Gasteiger partial charge on any atom is -0.389 e. The lowest BCUT2D eigenvalue weighted by Crippen LogP contribution is -2.40. The average Bonchev–Trinajstić information content (AvgIpc) is 2.47. The molecule has 3 heteroatoms. The molecule has 1 aliphatic carbocycles. The van der Waals surface area contributed by atoms with Crippen molar-refractivity contribution in [2.75, 3.05) is 0 Å². The summed E-state index contributed by atoms with van der Waals surface area (Å²) >= 11 is 5.20. The molecule has 1 aromatic rings. The molecule has 1 N–H and O–H groups in total. The fourth-order valence-corrected chi connectivity index (χ4v) is 4.47. The Morgan fingerprint density at radius 3 is 2.75 bits per heavy atom. The first-order valence-corrected chi connectivity index (χ1v) is 7.51. The van der Waals surface area contributed by atoms with E-state index in [0.29, 0.717) is 5.41 Å². The van der Waals surface area contributed by atoms with Gasteiger partial charge < -0.3 is 5.11 Å². The van der Waals surface area contributed by atoms with Crippen LogP contribution in [-0.4, -0.2) is 10.7 Å². The zero-order valence-corrected chi connectivity index (χ0v) is 12.3. The van der Waals surface area contributed by atoms with Crippen LogP contribution in [0.25, 0.3) is 0 Å². The summed E-state index contributed by atoms with van der Waals surface area (Å²) < 4.78 is 1.13. The zero-order valence-electron chi connectivity index (χ0n) is 9.92. The zero-order chi connectivity index (χ0) is 11.8. The second-order valence-electron chi connectivity index (χ2n) is 5.83. The SMILES string of the molecule is CC1(C)CCCC(O)(Cc2cc(Br)cs2)C1. The summed E-state index contributed by atoms with van der Waals surface area (Å²) in [5, 5.41) is 12.8. The molecule has 1 saturated carbocycles. The Morgan fingerprint density at radius 1 is 1.44 bits per heavy atom. The van der Waals surface area contributed by atoms with Crippen molar-refractivity contribution in [1.82, 2.24) is 0 Å². The van der Waals surface area contributed by atoms with Crippen LogP contribution >= 0.6 is 27.3 Å². The number of halogens is 1. The summed E-state index contributed by atoms with van der Waals surface area (Å²) in [6, 6.07) is 2.13. The average molecular weight is 303 g/mol. The first-order valence-electron chi connectivity index (χ1n) is 5.84. The van der Waals surface area contributed by atoms with Crippen LogP contribution in [0.1, 0.15) is 44.4 Å². The Kier molecular flexibility index (Phi) is 3.49. The molecule has 1 heterocycles. The molecule has 90 valence electrons. The van der Waals surface area contributed by atoms with Gasteiger partial charge in [-0.05, 0) is 46.7 Å². The Labute approximate surface area is 110 Å². The van der Waals surface area contributed by atoms with Crippen LogP contribution in [0.4, 0.5) is 0 Å². The fraction of sp³-hybridized carbons (Fsp3) is 0.692. The van der Waals surface area contributed by atoms with Crippen LogP contribution in [0.3, 0.4) is 0 Å². The molecule has 0 saturated heterocycles. The third kappa shape index (κ3) is 3.08. The van der Waals surface area contributed by atoms with E-state index in [4.69, 9.17) is 0 Å². The highest BCUT2D eigenvalue weighted by Gasteiger charge is 2.38. The molecule has 0 aromatic carbocycles. The van der Waals surface area contributed by atoms with Gasteiger partial charge in [-0.2, -0.15) is 0 Å². The molecule has 1 nitrogen and oxygen atoms in total. The maximum Gasteiger partial charge on any atom is 0.0700 e. The van der Waals surface area contributed by atoms with Gasteiger partial charge in [0.05, 0.1) is 5.60 Å². The molecular formula is C13H19BrOS. The minimum absolute atomic E-state index is 0.293. The molecule has 0 spiro atoms. The Balaban J connectivity index is 2.07. The Morgan fingerprint density at radius 2 is 2.19 bits per heavy atom. The number of aliphatic hydroxyl groups is 1. The summed E-state index contributed by atoms with van der Waals surface area (Å²) in [5.41, 5.74) is -0.187. The highest BCUT2D eigenvalue weighted by Crippen LogP contribution is 2.43. The molecular weight excluding hydrogens is 284 g/mol. The minimum atomic E-state index is -0.480. The molecule has 1 aromatic heterocycles. The van der Waals surface area contributed by atoms with Gasteiger partial charge in [-0.1, -0.05) is 20.3 Å². The van der Waals surface area contributed by atoms with Gasteiger partial charge in [-0.3, -0.25) is 0 Å². The number of hydrogen-bond acceptors (Lipinski definition) is 2. The van der Waals surface area contributed by atoms with E-state index in [9.17, 15) is 5.11 Å². The first kappa shape index (κ1) is 12.6. The molecule has 2 rings (SSSR count). The molecule has 0 amide bonds. The van der Waals surface area contributed by atoms with Gasteiger partial charge in [-0.15, -0.1) is 11.3 Å². The molecule has 0 radical (unpaired) electrons. The third-order valence-electron chi connectivity index (χ3n) is 3.43. The van der Waals surface area contributed by atoms with Crippen molar-refractivity contribution in [1.29, 1.82) is 0 Å². The fourth-order valence-electron chi connectivity index (χ4n) is 2.89. The van der Waals surface area contributed by atoms with Crippen molar-refractivity contribution in [2.45, 2.75) is 51.6 Å². The molecule has 16 heavy (non-hydrogen) atoms. The van der Waals surface area contributed by atoms with Crippen LogP contribution in [0, 0.1) is 5.41 Å². The maximum absolute atomic E-state index is 10.7.